The standard InChI is InChI=1S/C32H32N4O3/c1-22(21-37)33-29(38)16-12-23-11-15-27-28(19-23)35-32(39)30(27)31(25-7-3-2-4-8-25)34-26-13-9-24(10-14-26)20-36-17-5-6-18-36/h2-4,7-11,13-15,19,22,30,37H,5-6,17-18,20-21H2,1H3,(H,33,38)(H,35,39). The molecule has 7 heteroatoms. The Kier molecular flexibility index (Phi) is 8.16. The molecule has 3 aromatic rings. The molecule has 0 spiro atoms. The van der Waals surface area contributed by atoms with Gasteiger partial charge in [-0.05, 0) is 73.8 Å². The summed E-state index contributed by atoms with van der Waals surface area (Å²) in [6.45, 7) is 4.78. The Hall–Kier alpha value is -4.25. The van der Waals surface area contributed by atoms with Crippen LogP contribution in [0, 0.1) is 11.8 Å². The fourth-order valence-corrected chi connectivity index (χ4v) is 4.96. The lowest BCUT2D eigenvalue weighted by Gasteiger charge is -2.15. The molecule has 1 fully saturated rings. The summed E-state index contributed by atoms with van der Waals surface area (Å²) in [5, 5.41) is 14.7. The predicted molar refractivity (Wildman–Crippen MR) is 153 cm³/mol. The number of likely N-dealkylation sites (tertiary alicyclic amines) is 1. The Morgan fingerprint density at radius 3 is 2.56 bits per heavy atom. The van der Waals surface area contributed by atoms with Gasteiger partial charge in [-0.15, -0.1) is 0 Å². The highest BCUT2D eigenvalue weighted by atomic mass is 16.3. The Morgan fingerprint density at radius 2 is 1.85 bits per heavy atom. The van der Waals surface area contributed by atoms with Crippen LogP contribution in [0.1, 0.15) is 47.9 Å². The zero-order valence-electron chi connectivity index (χ0n) is 22.0. The van der Waals surface area contributed by atoms with Gasteiger partial charge in [0.2, 0.25) is 5.91 Å². The van der Waals surface area contributed by atoms with Crippen LogP contribution in [0.15, 0.2) is 77.8 Å². The number of hydrogen-bond acceptors (Lipinski definition) is 5. The van der Waals surface area contributed by atoms with E-state index in [0.717, 1.165) is 36.4 Å². The molecule has 3 N–H and O–H groups in total. The van der Waals surface area contributed by atoms with Gasteiger partial charge in [0.1, 0.15) is 5.92 Å². The number of anilines is 1. The van der Waals surface area contributed by atoms with E-state index in [4.69, 9.17) is 10.1 Å². The molecule has 2 aliphatic rings. The van der Waals surface area contributed by atoms with Crippen molar-refractivity contribution in [3.8, 4) is 11.8 Å². The molecule has 7 nitrogen and oxygen atoms in total. The van der Waals surface area contributed by atoms with Crippen molar-refractivity contribution in [3.63, 3.8) is 0 Å². The second kappa shape index (κ2) is 12.1. The second-order valence-electron chi connectivity index (χ2n) is 10.0. The number of aliphatic imine (C=N–C) groups is 1. The molecule has 5 rings (SSSR count). The number of hydrogen-bond donors (Lipinski definition) is 3. The molecule has 2 amide bonds. The van der Waals surface area contributed by atoms with E-state index in [1.54, 1.807) is 19.1 Å². The number of aliphatic hydroxyl groups is 1. The van der Waals surface area contributed by atoms with Crippen LogP contribution in [0.4, 0.5) is 11.4 Å². The molecular formula is C32H32N4O3. The van der Waals surface area contributed by atoms with Crippen molar-refractivity contribution in [2.75, 3.05) is 25.0 Å². The summed E-state index contributed by atoms with van der Waals surface area (Å²) in [4.78, 5) is 32.7. The van der Waals surface area contributed by atoms with Crippen molar-refractivity contribution in [3.05, 3.63) is 95.1 Å². The number of benzene rings is 3. The van der Waals surface area contributed by atoms with Gasteiger partial charge in [-0.1, -0.05) is 54.5 Å². The van der Waals surface area contributed by atoms with Crippen LogP contribution in [-0.2, 0) is 16.1 Å². The van der Waals surface area contributed by atoms with Gasteiger partial charge in [-0.2, -0.15) is 0 Å². The van der Waals surface area contributed by atoms with Crippen LogP contribution in [-0.4, -0.2) is 53.3 Å². The van der Waals surface area contributed by atoms with E-state index in [2.05, 4.69) is 39.5 Å². The lowest BCUT2D eigenvalue weighted by Crippen LogP contribution is -2.33. The van der Waals surface area contributed by atoms with E-state index in [-0.39, 0.29) is 18.6 Å². The Morgan fingerprint density at radius 1 is 1.10 bits per heavy atom. The van der Waals surface area contributed by atoms with E-state index >= 15 is 0 Å². The average Bonchev–Trinajstić information content (AvgIpc) is 3.58. The van der Waals surface area contributed by atoms with E-state index < -0.39 is 11.8 Å². The minimum absolute atomic E-state index is 0.155. The van der Waals surface area contributed by atoms with Crippen LogP contribution in [0.2, 0.25) is 0 Å². The number of amides is 2. The Labute approximate surface area is 229 Å². The van der Waals surface area contributed by atoms with Crippen molar-refractivity contribution >= 4 is 28.9 Å². The van der Waals surface area contributed by atoms with Gasteiger partial charge in [0.05, 0.1) is 24.0 Å². The molecule has 198 valence electrons. The van der Waals surface area contributed by atoms with Crippen LogP contribution >= 0.6 is 0 Å². The van der Waals surface area contributed by atoms with Gasteiger partial charge in [0, 0.05) is 23.7 Å². The van der Waals surface area contributed by atoms with Crippen molar-refractivity contribution in [1.82, 2.24) is 10.2 Å². The minimum Gasteiger partial charge on any atom is -0.394 e. The molecule has 0 aliphatic carbocycles. The number of aliphatic hydroxyl groups excluding tert-OH is 1. The third-order valence-corrected chi connectivity index (χ3v) is 6.99. The first-order valence-electron chi connectivity index (χ1n) is 13.3. The van der Waals surface area contributed by atoms with E-state index in [1.165, 1.54) is 18.4 Å². The van der Waals surface area contributed by atoms with Crippen LogP contribution in [0.25, 0.3) is 0 Å². The third-order valence-electron chi connectivity index (χ3n) is 6.99. The smallest absolute Gasteiger partial charge is 0.296 e. The molecule has 3 aromatic carbocycles. The average molecular weight is 521 g/mol. The molecule has 2 heterocycles. The van der Waals surface area contributed by atoms with E-state index in [0.29, 0.717) is 17.0 Å². The number of carbonyl (C=O) groups excluding carboxylic acids is 2. The van der Waals surface area contributed by atoms with E-state index in [1.807, 2.05) is 48.5 Å². The van der Waals surface area contributed by atoms with Gasteiger partial charge < -0.3 is 15.7 Å². The Bertz CT molecular complexity index is 1430. The summed E-state index contributed by atoms with van der Waals surface area (Å²) in [6.07, 6.45) is 2.53. The number of rotatable bonds is 7. The highest BCUT2D eigenvalue weighted by Crippen LogP contribution is 2.37. The SMILES string of the molecule is CC(CO)NC(=O)C#Cc1ccc2c(c1)NC(=O)C2C(=Nc1ccc(CN2CCCC2)cc1)c1ccccc1. The lowest BCUT2D eigenvalue weighted by molar-refractivity contribution is -0.117. The molecule has 0 radical (unpaired) electrons. The zero-order valence-corrected chi connectivity index (χ0v) is 22.0. The van der Waals surface area contributed by atoms with Crippen molar-refractivity contribution in [2.45, 2.75) is 38.3 Å². The minimum atomic E-state index is -0.581. The van der Waals surface area contributed by atoms with E-state index in [9.17, 15) is 9.59 Å². The van der Waals surface area contributed by atoms with Crippen molar-refractivity contribution < 1.29 is 14.7 Å². The number of fused-ring (bicyclic) bond motifs is 1. The first kappa shape index (κ1) is 26.4. The summed E-state index contributed by atoms with van der Waals surface area (Å²) >= 11 is 0. The highest BCUT2D eigenvalue weighted by Gasteiger charge is 2.35. The molecule has 2 aliphatic heterocycles. The molecule has 2 atom stereocenters. The summed E-state index contributed by atoms with van der Waals surface area (Å²) in [5.74, 6) is 4.17. The van der Waals surface area contributed by atoms with Gasteiger partial charge in [0.25, 0.3) is 5.91 Å². The number of nitrogens with zero attached hydrogens (tertiary/aromatic N) is 2. The topological polar surface area (TPSA) is 94.0 Å². The molecule has 1 saturated heterocycles. The van der Waals surface area contributed by atoms with Crippen LogP contribution in [0.5, 0.6) is 0 Å². The first-order valence-corrected chi connectivity index (χ1v) is 13.3. The summed E-state index contributed by atoms with van der Waals surface area (Å²) in [5.41, 5.74) is 5.69. The molecular weight excluding hydrogens is 488 g/mol. The van der Waals surface area contributed by atoms with Gasteiger partial charge >= 0.3 is 0 Å². The van der Waals surface area contributed by atoms with Gasteiger partial charge in [-0.3, -0.25) is 19.5 Å². The third kappa shape index (κ3) is 6.43. The first-order chi connectivity index (χ1) is 19.0. The molecule has 39 heavy (non-hydrogen) atoms. The number of nitrogens with one attached hydrogen (secondary N) is 2. The second-order valence-corrected chi connectivity index (χ2v) is 10.0. The molecule has 2 unspecified atom stereocenters. The fraction of sp³-hybridized carbons (Fsp3) is 0.281. The molecule has 0 bridgehead atoms. The Balaban J connectivity index is 1.42. The summed E-state index contributed by atoms with van der Waals surface area (Å²) in [7, 11) is 0. The van der Waals surface area contributed by atoms with Crippen LogP contribution in [0.3, 0.4) is 0 Å². The highest BCUT2D eigenvalue weighted by molar-refractivity contribution is 6.24. The molecule has 0 aromatic heterocycles. The largest absolute Gasteiger partial charge is 0.394 e. The van der Waals surface area contributed by atoms with Gasteiger partial charge in [-0.25, -0.2) is 0 Å². The normalized spacial score (nSPS) is 17.6. The number of carbonyl (C=O) groups is 2. The quantitative estimate of drug-likeness (QED) is 0.324. The summed E-state index contributed by atoms with van der Waals surface area (Å²) in [6, 6.07) is 23.1. The van der Waals surface area contributed by atoms with Crippen molar-refractivity contribution in [1.29, 1.82) is 0 Å². The van der Waals surface area contributed by atoms with Gasteiger partial charge in [0.15, 0.2) is 0 Å². The zero-order chi connectivity index (χ0) is 27.2. The molecule has 0 saturated carbocycles. The van der Waals surface area contributed by atoms with Crippen molar-refractivity contribution in [2.24, 2.45) is 4.99 Å². The monoisotopic (exact) mass is 520 g/mol. The van der Waals surface area contributed by atoms with Crippen LogP contribution < -0.4 is 10.6 Å². The predicted octanol–water partition coefficient (Wildman–Crippen LogP) is 3.99. The maximum absolute atomic E-state index is 13.3. The lowest BCUT2D eigenvalue weighted by atomic mass is 9.90. The summed E-state index contributed by atoms with van der Waals surface area (Å²) < 4.78 is 0. The maximum atomic E-state index is 13.3. The fourth-order valence-electron chi connectivity index (χ4n) is 4.96. The maximum Gasteiger partial charge on any atom is 0.296 e.